The van der Waals surface area contributed by atoms with Crippen LogP contribution in [0.25, 0.3) is 11.4 Å². The van der Waals surface area contributed by atoms with Crippen molar-refractivity contribution in [2.45, 2.75) is 52.5 Å². The molecule has 2 unspecified atom stereocenters. The molecule has 1 N–H and O–H groups in total. The SMILES string of the molecule is CCC(NC(=O)C(CC(=O)N1CCOCC1)CC(C)(C)Cc1ccccc1)C(=O)c1nc(-c2ccccc2)no1. The maximum Gasteiger partial charge on any atom is 0.296 e. The van der Waals surface area contributed by atoms with Crippen molar-refractivity contribution in [3.8, 4) is 11.4 Å². The first-order valence-electron chi connectivity index (χ1n) is 13.9. The summed E-state index contributed by atoms with van der Waals surface area (Å²) in [5.41, 5.74) is 1.63. The van der Waals surface area contributed by atoms with Crippen molar-refractivity contribution in [2.24, 2.45) is 11.3 Å². The first-order chi connectivity index (χ1) is 19.3. The van der Waals surface area contributed by atoms with Crippen molar-refractivity contribution in [3.63, 3.8) is 0 Å². The molecule has 1 aliphatic heterocycles. The number of benzene rings is 2. The molecule has 2 heterocycles. The number of hydrogen-bond acceptors (Lipinski definition) is 7. The summed E-state index contributed by atoms with van der Waals surface area (Å²) in [6.07, 6.45) is 1.63. The molecule has 0 spiro atoms. The molecule has 0 bridgehead atoms. The lowest BCUT2D eigenvalue weighted by molar-refractivity contribution is -0.140. The summed E-state index contributed by atoms with van der Waals surface area (Å²) in [7, 11) is 0. The maximum absolute atomic E-state index is 13.7. The third kappa shape index (κ3) is 7.85. The third-order valence-corrected chi connectivity index (χ3v) is 7.19. The van der Waals surface area contributed by atoms with Gasteiger partial charge in [0.15, 0.2) is 0 Å². The minimum absolute atomic E-state index is 0.0629. The van der Waals surface area contributed by atoms with Crippen LogP contribution in [0, 0.1) is 11.3 Å². The molecule has 2 atom stereocenters. The van der Waals surface area contributed by atoms with Crippen LogP contribution in [0.15, 0.2) is 65.2 Å². The number of morpholine rings is 1. The van der Waals surface area contributed by atoms with Gasteiger partial charge in [-0.05, 0) is 30.2 Å². The van der Waals surface area contributed by atoms with E-state index in [1.165, 1.54) is 5.56 Å². The Bertz CT molecular complexity index is 1270. The second-order valence-corrected chi connectivity index (χ2v) is 11.0. The number of nitrogens with zero attached hydrogens (tertiary/aromatic N) is 3. The van der Waals surface area contributed by atoms with Crippen LogP contribution in [0.2, 0.25) is 0 Å². The third-order valence-electron chi connectivity index (χ3n) is 7.19. The van der Waals surface area contributed by atoms with Gasteiger partial charge in [-0.2, -0.15) is 4.98 Å². The van der Waals surface area contributed by atoms with E-state index in [-0.39, 0.29) is 29.5 Å². The monoisotopic (exact) mass is 546 g/mol. The number of Topliss-reactive ketones (excluding diaryl/α,β-unsaturated/α-hetero) is 1. The Hall–Kier alpha value is -3.85. The van der Waals surface area contributed by atoms with Gasteiger partial charge in [0.25, 0.3) is 5.89 Å². The Morgan fingerprint density at radius 3 is 2.30 bits per heavy atom. The molecule has 1 fully saturated rings. The van der Waals surface area contributed by atoms with E-state index < -0.39 is 17.7 Å². The zero-order valence-corrected chi connectivity index (χ0v) is 23.5. The van der Waals surface area contributed by atoms with Crippen molar-refractivity contribution < 1.29 is 23.6 Å². The van der Waals surface area contributed by atoms with Crippen molar-refractivity contribution in [2.75, 3.05) is 26.3 Å². The van der Waals surface area contributed by atoms with Crippen LogP contribution < -0.4 is 5.32 Å². The fourth-order valence-electron chi connectivity index (χ4n) is 5.12. The molecule has 40 heavy (non-hydrogen) atoms. The summed E-state index contributed by atoms with van der Waals surface area (Å²) in [6.45, 7) is 8.02. The summed E-state index contributed by atoms with van der Waals surface area (Å²) in [5.74, 6) is -1.32. The predicted octanol–water partition coefficient (Wildman–Crippen LogP) is 4.34. The molecule has 9 nitrogen and oxygen atoms in total. The van der Waals surface area contributed by atoms with E-state index in [1.54, 1.807) is 4.90 Å². The van der Waals surface area contributed by atoms with Crippen molar-refractivity contribution in [3.05, 3.63) is 72.1 Å². The first kappa shape index (κ1) is 29.1. The number of hydrogen-bond donors (Lipinski definition) is 1. The van der Waals surface area contributed by atoms with Crippen LogP contribution in [0.1, 0.15) is 56.3 Å². The molecule has 0 radical (unpaired) electrons. The lowest BCUT2D eigenvalue weighted by Crippen LogP contribution is -2.47. The Morgan fingerprint density at radius 1 is 1.00 bits per heavy atom. The smallest absolute Gasteiger partial charge is 0.296 e. The van der Waals surface area contributed by atoms with Crippen LogP contribution in [-0.2, 0) is 20.7 Å². The molecular formula is C31H38N4O5. The van der Waals surface area contributed by atoms with Crippen LogP contribution >= 0.6 is 0 Å². The van der Waals surface area contributed by atoms with Gasteiger partial charge >= 0.3 is 0 Å². The molecule has 0 aliphatic carbocycles. The number of carbonyl (C=O) groups is 3. The van der Waals surface area contributed by atoms with Gasteiger partial charge in [0, 0.05) is 31.0 Å². The number of rotatable bonds is 12. The highest BCUT2D eigenvalue weighted by Gasteiger charge is 2.34. The predicted molar refractivity (Wildman–Crippen MR) is 150 cm³/mol. The largest absolute Gasteiger partial charge is 0.378 e. The number of carbonyl (C=O) groups excluding carboxylic acids is 3. The number of ketones is 1. The van der Waals surface area contributed by atoms with Crippen LogP contribution in [-0.4, -0.2) is 65.0 Å². The van der Waals surface area contributed by atoms with Gasteiger partial charge in [0.2, 0.25) is 23.4 Å². The van der Waals surface area contributed by atoms with E-state index in [0.29, 0.717) is 45.0 Å². The highest BCUT2D eigenvalue weighted by molar-refractivity contribution is 5.99. The molecular weight excluding hydrogens is 508 g/mol. The molecule has 0 saturated carbocycles. The molecule has 3 aromatic rings. The van der Waals surface area contributed by atoms with Gasteiger partial charge < -0.3 is 19.5 Å². The quantitative estimate of drug-likeness (QED) is 0.336. The van der Waals surface area contributed by atoms with E-state index in [1.807, 2.05) is 55.5 Å². The fraction of sp³-hybridized carbons (Fsp3) is 0.452. The lowest BCUT2D eigenvalue weighted by atomic mass is 9.76. The Labute approximate surface area is 235 Å². The summed E-state index contributed by atoms with van der Waals surface area (Å²) in [4.78, 5) is 46.2. The number of amides is 2. The van der Waals surface area contributed by atoms with Gasteiger partial charge in [-0.1, -0.05) is 86.6 Å². The second kappa shape index (κ2) is 13.5. The standard InChI is InChI=1S/C31H38N4O5/c1-4-25(27(37)30-33-28(34-40-30)23-13-9-6-10-14-23)32-29(38)24(19-26(36)35-15-17-39-18-16-35)21-31(2,3)20-22-11-7-5-8-12-22/h5-14,24-25H,4,15-21H2,1-3H3,(H,32,38). The Kier molecular flexibility index (Phi) is 9.82. The van der Waals surface area contributed by atoms with Gasteiger partial charge in [-0.3, -0.25) is 14.4 Å². The highest BCUT2D eigenvalue weighted by atomic mass is 16.5. The van der Waals surface area contributed by atoms with E-state index in [0.717, 1.165) is 12.0 Å². The summed E-state index contributed by atoms with van der Waals surface area (Å²) in [5, 5.41) is 6.84. The van der Waals surface area contributed by atoms with Crippen molar-refractivity contribution in [1.82, 2.24) is 20.4 Å². The fourth-order valence-corrected chi connectivity index (χ4v) is 5.12. The Morgan fingerprint density at radius 2 is 1.65 bits per heavy atom. The number of ether oxygens (including phenoxy) is 1. The molecule has 1 saturated heterocycles. The average molecular weight is 547 g/mol. The van der Waals surface area contributed by atoms with Crippen molar-refractivity contribution in [1.29, 1.82) is 0 Å². The van der Waals surface area contributed by atoms with Gasteiger partial charge in [-0.25, -0.2) is 0 Å². The maximum atomic E-state index is 13.7. The zero-order valence-electron chi connectivity index (χ0n) is 23.5. The van der Waals surface area contributed by atoms with Gasteiger partial charge in [0.1, 0.15) is 0 Å². The molecule has 2 amide bonds. The molecule has 1 aromatic heterocycles. The lowest BCUT2D eigenvalue weighted by Gasteiger charge is -2.32. The normalized spacial score (nSPS) is 15.3. The van der Waals surface area contributed by atoms with Crippen LogP contribution in [0.4, 0.5) is 0 Å². The molecule has 1 aliphatic rings. The number of nitrogens with one attached hydrogen (secondary N) is 1. The highest BCUT2D eigenvalue weighted by Crippen LogP contribution is 2.32. The molecule has 9 heteroatoms. The van der Waals surface area contributed by atoms with Crippen LogP contribution in [0.5, 0.6) is 0 Å². The average Bonchev–Trinajstić information content (AvgIpc) is 3.47. The molecule has 2 aromatic carbocycles. The van der Waals surface area contributed by atoms with E-state index >= 15 is 0 Å². The zero-order chi connectivity index (χ0) is 28.5. The molecule has 212 valence electrons. The number of aromatic nitrogens is 2. The minimum atomic E-state index is -0.852. The van der Waals surface area contributed by atoms with Crippen LogP contribution in [0.3, 0.4) is 0 Å². The second-order valence-electron chi connectivity index (χ2n) is 11.0. The Balaban J connectivity index is 1.48. The van der Waals surface area contributed by atoms with Gasteiger partial charge in [0.05, 0.1) is 19.3 Å². The van der Waals surface area contributed by atoms with E-state index in [2.05, 4.69) is 41.4 Å². The minimum Gasteiger partial charge on any atom is -0.378 e. The van der Waals surface area contributed by atoms with Crippen molar-refractivity contribution >= 4 is 17.6 Å². The summed E-state index contributed by atoms with van der Waals surface area (Å²) < 4.78 is 10.6. The van der Waals surface area contributed by atoms with E-state index in [9.17, 15) is 14.4 Å². The summed E-state index contributed by atoms with van der Waals surface area (Å²) in [6, 6.07) is 18.5. The van der Waals surface area contributed by atoms with Gasteiger partial charge in [-0.15, -0.1) is 0 Å². The molecule has 4 rings (SSSR count). The topological polar surface area (TPSA) is 115 Å². The first-order valence-corrected chi connectivity index (χ1v) is 13.9. The van der Waals surface area contributed by atoms with E-state index in [4.69, 9.17) is 9.26 Å². The summed E-state index contributed by atoms with van der Waals surface area (Å²) >= 11 is 0.